The minimum atomic E-state index is 0.304. The van der Waals surface area contributed by atoms with Crippen molar-refractivity contribution in [1.29, 1.82) is 0 Å². The highest BCUT2D eigenvalue weighted by Crippen LogP contribution is 2.15. The molecule has 0 saturated carbocycles. The van der Waals surface area contributed by atoms with E-state index in [0.717, 1.165) is 37.4 Å². The van der Waals surface area contributed by atoms with Crippen molar-refractivity contribution in [3.05, 3.63) is 36.3 Å². The fourth-order valence-electron chi connectivity index (χ4n) is 2.41. The molecule has 112 valence electrons. The smallest absolute Gasteiger partial charge is 0.213 e. The van der Waals surface area contributed by atoms with Crippen molar-refractivity contribution in [2.45, 2.75) is 32.0 Å². The standard InChI is InChI=1S/C15H20N4O2/c1-20-15-6-2-4-12(18-15)8-16-13-9-17-19(10-13)11-14-5-3-7-21-14/h2,4,6,9-10,14,16H,3,5,7-8,11H2,1H3. The van der Waals surface area contributed by atoms with Crippen LogP contribution in [-0.4, -0.2) is 34.6 Å². The first-order chi connectivity index (χ1) is 10.3. The van der Waals surface area contributed by atoms with Crippen LogP contribution >= 0.6 is 0 Å². The van der Waals surface area contributed by atoms with Gasteiger partial charge in [-0.15, -0.1) is 0 Å². The molecule has 1 fully saturated rings. The Morgan fingerprint density at radius 1 is 1.48 bits per heavy atom. The fourth-order valence-corrected chi connectivity index (χ4v) is 2.41. The number of hydrogen-bond acceptors (Lipinski definition) is 5. The largest absolute Gasteiger partial charge is 0.481 e. The van der Waals surface area contributed by atoms with Gasteiger partial charge in [0, 0.05) is 18.9 Å². The van der Waals surface area contributed by atoms with Crippen LogP contribution in [0.15, 0.2) is 30.6 Å². The number of nitrogens with zero attached hydrogens (tertiary/aromatic N) is 3. The molecule has 1 saturated heterocycles. The molecule has 1 N–H and O–H groups in total. The third-order valence-corrected chi connectivity index (χ3v) is 3.51. The lowest BCUT2D eigenvalue weighted by atomic mass is 10.2. The third-order valence-electron chi connectivity index (χ3n) is 3.51. The summed E-state index contributed by atoms with van der Waals surface area (Å²) in [5, 5.41) is 7.67. The lowest BCUT2D eigenvalue weighted by Gasteiger charge is -2.08. The van der Waals surface area contributed by atoms with Crippen LogP contribution < -0.4 is 10.1 Å². The van der Waals surface area contributed by atoms with E-state index in [9.17, 15) is 0 Å². The van der Waals surface area contributed by atoms with Crippen LogP contribution in [-0.2, 0) is 17.8 Å². The highest BCUT2D eigenvalue weighted by Gasteiger charge is 2.16. The molecule has 2 aromatic heterocycles. The van der Waals surface area contributed by atoms with Crippen molar-refractivity contribution in [2.75, 3.05) is 19.0 Å². The van der Waals surface area contributed by atoms with Crippen molar-refractivity contribution in [3.8, 4) is 5.88 Å². The molecule has 1 unspecified atom stereocenters. The Labute approximate surface area is 124 Å². The Balaban J connectivity index is 1.54. The zero-order chi connectivity index (χ0) is 14.5. The molecular weight excluding hydrogens is 268 g/mol. The molecule has 0 aliphatic carbocycles. The Bertz CT molecular complexity index is 579. The van der Waals surface area contributed by atoms with Crippen LogP contribution in [0.2, 0.25) is 0 Å². The quantitative estimate of drug-likeness (QED) is 0.882. The second-order valence-corrected chi connectivity index (χ2v) is 5.11. The average molecular weight is 288 g/mol. The number of aromatic nitrogens is 3. The van der Waals surface area contributed by atoms with Crippen LogP contribution in [0.25, 0.3) is 0 Å². The summed E-state index contributed by atoms with van der Waals surface area (Å²) in [6, 6.07) is 5.74. The molecule has 6 heteroatoms. The van der Waals surface area contributed by atoms with Gasteiger partial charge in [0.15, 0.2) is 0 Å². The molecule has 3 rings (SSSR count). The minimum absolute atomic E-state index is 0.304. The summed E-state index contributed by atoms with van der Waals surface area (Å²) in [4.78, 5) is 4.36. The van der Waals surface area contributed by atoms with Gasteiger partial charge in [-0.2, -0.15) is 5.10 Å². The summed E-state index contributed by atoms with van der Waals surface area (Å²) in [5.74, 6) is 0.628. The van der Waals surface area contributed by atoms with Crippen molar-refractivity contribution in [3.63, 3.8) is 0 Å². The van der Waals surface area contributed by atoms with Crippen molar-refractivity contribution >= 4 is 5.69 Å². The van der Waals surface area contributed by atoms with E-state index in [0.29, 0.717) is 18.5 Å². The average Bonchev–Trinajstić information content (AvgIpc) is 3.18. The van der Waals surface area contributed by atoms with Crippen LogP contribution in [0.3, 0.4) is 0 Å². The minimum Gasteiger partial charge on any atom is -0.481 e. The van der Waals surface area contributed by atoms with E-state index < -0.39 is 0 Å². The summed E-state index contributed by atoms with van der Waals surface area (Å²) in [7, 11) is 1.62. The van der Waals surface area contributed by atoms with E-state index in [-0.39, 0.29) is 0 Å². The van der Waals surface area contributed by atoms with E-state index in [4.69, 9.17) is 9.47 Å². The van der Waals surface area contributed by atoms with E-state index in [1.54, 1.807) is 7.11 Å². The van der Waals surface area contributed by atoms with Crippen molar-refractivity contribution in [1.82, 2.24) is 14.8 Å². The third kappa shape index (κ3) is 3.72. The summed E-state index contributed by atoms with van der Waals surface area (Å²) in [5.41, 5.74) is 1.92. The Hall–Kier alpha value is -2.08. The molecule has 0 aromatic carbocycles. The molecule has 1 atom stereocenters. The summed E-state index contributed by atoms with van der Waals surface area (Å²) >= 11 is 0. The number of methoxy groups -OCH3 is 1. The first-order valence-corrected chi connectivity index (χ1v) is 7.21. The molecule has 1 aliphatic heterocycles. The highest BCUT2D eigenvalue weighted by atomic mass is 16.5. The zero-order valence-electron chi connectivity index (χ0n) is 12.2. The maximum absolute atomic E-state index is 5.62. The van der Waals surface area contributed by atoms with Crippen LogP contribution in [0.5, 0.6) is 5.88 Å². The Morgan fingerprint density at radius 2 is 2.43 bits per heavy atom. The number of nitrogens with one attached hydrogen (secondary N) is 1. The monoisotopic (exact) mass is 288 g/mol. The first kappa shape index (κ1) is 13.9. The first-order valence-electron chi connectivity index (χ1n) is 7.21. The van der Waals surface area contributed by atoms with Crippen LogP contribution in [0.1, 0.15) is 18.5 Å². The Morgan fingerprint density at radius 3 is 3.24 bits per heavy atom. The van der Waals surface area contributed by atoms with Gasteiger partial charge in [-0.1, -0.05) is 6.07 Å². The maximum atomic E-state index is 5.62. The highest BCUT2D eigenvalue weighted by molar-refractivity contribution is 5.38. The molecule has 6 nitrogen and oxygen atoms in total. The molecular formula is C15H20N4O2. The van der Waals surface area contributed by atoms with Gasteiger partial charge in [-0.05, 0) is 18.9 Å². The van der Waals surface area contributed by atoms with Gasteiger partial charge >= 0.3 is 0 Å². The van der Waals surface area contributed by atoms with Gasteiger partial charge in [0.25, 0.3) is 0 Å². The molecule has 0 radical (unpaired) electrons. The van der Waals surface area contributed by atoms with Crippen molar-refractivity contribution in [2.24, 2.45) is 0 Å². The topological polar surface area (TPSA) is 61.2 Å². The Kier molecular flexibility index (Phi) is 4.35. The van der Waals surface area contributed by atoms with Gasteiger partial charge in [0.05, 0.1) is 43.9 Å². The maximum Gasteiger partial charge on any atom is 0.213 e. The normalized spacial score (nSPS) is 17.9. The number of ether oxygens (including phenoxy) is 2. The number of anilines is 1. The van der Waals surface area contributed by atoms with Crippen LogP contribution in [0.4, 0.5) is 5.69 Å². The summed E-state index contributed by atoms with van der Waals surface area (Å²) in [6.45, 7) is 2.33. The second-order valence-electron chi connectivity index (χ2n) is 5.11. The van der Waals surface area contributed by atoms with E-state index >= 15 is 0 Å². The fraction of sp³-hybridized carbons (Fsp3) is 0.467. The van der Waals surface area contributed by atoms with E-state index in [1.807, 2.05) is 35.3 Å². The lowest BCUT2D eigenvalue weighted by Crippen LogP contribution is -2.15. The summed E-state index contributed by atoms with van der Waals surface area (Å²) < 4.78 is 12.7. The van der Waals surface area contributed by atoms with Gasteiger partial charge in [0.2, 0.25) is 5.88 Å². The zero-order valence-corrected chi connectivity index (χ0v) is 12.2. The molecule has 1 aliphatic rings. The molecule has 0 bridgehead atoms. The second kappa shape index (κ2) is 6.58. The van der Waals surface area contributed by atoms with Crippen LogP contribution in [0, 0.1) is 0 Å². The van der Waals surface area contributed by atoms with Crippen molar-refractivity contribution < 1.29 is 9.47 Å². The predicted octanol–water partition coefficient (Wildman–Crippen LogP) is 2.08. The number of hydrogen-bond donors (Lipinski definition) is 1. The molecule has 2 aromatic rings. The summed E-state index contributed by atoms with van der Waals surface area (Å²) in [6.07, 6.45) is 6.41. The number of rotatable bonds is 6. The van der Waals surface area contributed by atoms with Gasteiger partial charge in [-0.25, -0.2) is 4.98 Å². The van der Waals surface area contributed by atoms with Gasteiger partial charge in [-0.3, -0.25) is 4.68 Å². The molecule has 0 amide bonds. The SMILES string of the molecule is COc1cccc(CNc2cnn(CC3CCCO3)c2)n1. The lowest BCUT2D eigenvalue weighted by molar-refractivity contribution is 0.0940. The predicted molar refractivity (Wildman–Crippen MR) is 79.3 cm³/mol. The molecule has 0 spiro atoms. The van der Waals surface area contributed by atoms with E-state index in [1.165, 1.54) is 0 Å². The molecule has 3 heterocycles. The molecule has 21 heavy (non-hydrogen) atoms. The number of pyridine rings is 1. The van der Waals surface area contributed by atoms with Gasteiger partial charge < -0.3 is 14.8 Å². The van der Waals surface area contributed by atoms with Gasteiger partial charge in [0.1, 0.15) is 0 Å². The van der Waals surface area contributed by atoms with E-state index in [2.05, 4.69) is 15.4 Å².